The predicted octanol–water partition coefficient (Wildman–Crippen LogP) is 3.26. The molecule has 1 unspecified atom stereocenters. The Labute approximate surface area is 169 Å². The van der Waals surface area contributed by atoms with E-state index in [1.807, 2.05) is 0 Å². The number of urea groups is 1. The van der Waals surface area contributed by atoms with Crippen molar-refractivity contribution < 1.29 is 18.8 Å². The Morgan fingerprint density at radius 2 is 1.97 bits per heavy atom. The van der Waals surface area contributed by atoms with Crippen molar-refractivity contribution in [2.24, 2.45) is 0 Å². The number of anilines is 1. The zero-order valence-corrected chi connectivity index (χ0v) is 16.0. The van der Waals surface area contributed by atoms with E-state index in [0.29, 0.717) is 26.7 Å². The number of nitrogens with zero attached hydrogens (tertiary/aromatic N) is 1. The molecule has 3 aromatic rings. The molecule has 7 nitrogen and oxygen atoms in total. The van der Waals surface area contributed by atoms with Crippen LogP contribution in [0.25, 0.3) is 10.6 Å². The minimum atomic E-state index is -1.22. The number of halogens is 1. The number of carbonyl (C=O) groups is 3. The number of imide groups is 1. The van der Waals surface area contributed by atoms with Crippen LogP contribution in [0.4, 0.5) is 14.9 Å². The molecule has 4 amide bonds. The summed E-state index contributed by atoms with van der Waals surface area (Å²) in [6.45, 7) is 1.58. The maximum atomic E-state index is 13.9. The van der Waals surface area contributed by atoms with Gasteiger partial charge in [0, 0.05) is 11.3 Å². The number of rotatable bonds is 4. The van der Waals surface area contributed by atoms with Crippen molar-refractivity contribution in [2.45, 2.75) is 12.5 Å². The number of nitrogens with one attached hydrogen (secondary N) is 3. The van der Waals surface area contributed by atoms with Crippen LogP contribution in [0.3, 0.4) is 0 Å². The molecule has 0 saturated carbocycles. The Balaban J connectivity index is 1.55. The fraction of sp³-hybridized carbons (Fsp3) is 0.100. The van der Waals surface area contributed by atoms with Crippen molar-refractivity contribution in [3.8, 4) is 10.6 Å². The fourth-order valence-electron chi connectivity index (χ4n) is 2.99. The molecular weight excluding hydrogens is 395 g/mol. The van der Waals surface area contributed by atoms with E-state index in [-0.39, 0.29) is 0 Å². The Bertz CT molecular complexity index is 1150. The normalized spacial score (nSPS) is 18.3. The van der Waals surface area contributed by atoms with E-state index < -0.39 is 29.2 Å². The van der Waals surface area contributed by atoms with E-state index in [9.17, 15) is 18.8 Å². The monoisotopic (exact) mass is 410 g/mol. The summed E-state index contributed by atoms with van der Waals surface area (Å²) >= 11 is 1.07. The van der Waals surface area contributed by atoms with Crippen molar-refractivity contribution in [2.75, 3.05) is 5.32 Å². The molecule has 1 fully saturated rings. The lowest BCUT2D eigenvalue weighted by Gasteiger charge is -2.21. The first-order valence-corrected chi connectivity index (χ1v) is 9.45. The minimum Gasteiger partial charge on any atom is -0.321 e. The quantitative estimate of drug-likeness (QED) is 0.575. The third kappa shape index (κ3) is 3.47. The van der Waals surface area contributed by atoms with Gasteiger partial charge in [0.05, 0.1) is 6.20 Å². The van der Waals surface area contributed by atoms with Gasteiger partial charge in [-0.3, -0.25) is 14.9 Å². The molecule has 2 aromatic carbocycles. The van der Waals surface area contributed by atoms with Crippen LogP contribution >= 0.6 is 11.3 Å². The van der Waals surface area contributed by atoms with Crippen LogP contribution in [0.15, 0.2) is 54.7 Å². The van der Waals surface area contributed by atoms with Crippen LogP contribution < -0.4 is 16.0 Å². The Kier molecular flexibility index (Phi) is 4.59. The highest BCUT2D eigenvalue weighted by Crippen LogP contribution is 2.29. The highest BCUT2D eigenvalue weighted by atomic mass is 32.1. The van der Waals surface area contributed by atoms with Crippen LogP contribution in [-0.4, -0.2) is 22.8 Å². The van der Waals surface area contributed by atoms with Crippen molar-refractivity contribution in [3.05, 3.63) is 71.0 Å². The summed E-state index contributed by atoms with van der Waals surface area (Å²) in [7, 11) is 0. The van der Waals surface area contributed by atoms with E-state index in [0.717, 1.165) is 11.3 Å². The molecule has 146 valence electrons. The van der Waals surface area contributed by atoms with Crippen LogP contribution in [0, 0.1) is 5.82 Å². The smallest absolute Gasteiger partial charge is 0.321 e. The first-order valence-electron chi connectivity index (χ1n) is 8.63. The highest BCUT2D eigenvalue weighted by Gasteiger charge is 2.43. The van der Waals surface area contributed by atoms with Gasteiger partial charge >= 0.3 is 6.03 Å². The van der Waals surface area contributed by atoms with E-state index >= 15 is 0 Å². The molecule has 0 aliphatic carbocycles. The average molecular weight is 410 g/mol. The molecular formula is C20H15FN4O3S. The van der Waals surface area contributed by atoms with Gasteiger partial charge in [0.1, 0.15) is 21.2 Å². The lowest BCUT2D eigenvalue weighted by atomic mass is 9.92. The van der Waals surface area contributed by atoms with Crippen LogP contribution in [-0.2, 0) is 10.3 Å². The van der Waals surface area contributed by atoms with E-state index in [2.05, 4.69) is 20.9 Å². The van der Waals surface area contributed by atoms with Gasteiger partial charge in [-0.2, -0.15) is 0 Å². The van der Waals surface area contributed by atoms with Gasteiger partial charge in [0.2, 0.25) is 0 Å². The molecule has 0 radical (unpaired) electrons. The van der Waals surface area contributed by atoms with Gasteiger partial charge in [0.15, 0.2) is 0 Å². The molecule has 3 N–H and O–H groups in total. The zero-order valence-electron chi connectivity index (χ0n) is 15.2. The minimum absolute atomic E-state index is 0.312. The Hall–Kier alpha value is -3.59. The SMILES string of the molecule is CC1(c2cccc(NC(=O)c3cnc(-c4ccccc4F)s3)c2)NC(=O)NC1=O. The third-order valence-corrected chi connectivity index (χ3v) is 5.61. The van der Waals surface area contributed by atoms with E-state index in [1.54, 1.807) is 49.4 Å². The molecule has 0 spiro atoms. The molecule has 2 heterocycles. The maximum absolute atomic E-state index is 13.9. The van der Waals surface area contributed by atoms with Crippen molar-refractivity contribution in [1.82, 2.24) is 15.6 Å². The Morgan fingerprint density at radius 1 is 1.17 bits per heavy atom. The maximum Gasteiger partial charge on any atom is 0.322 e. The first kappa shape index (κ1) is 18.8. The molecule has 0 bridgehead atoms. The van der Waals surface area contributed by atoms with Crippen LogP contribution in [0.1, 0.15) is 22.2 Å². The molecule has 9 heteroatoms. The van der Waals surface area contributed by atoms with Gasteiger partial charge in [-0.05, 0) is 36.8 Å². The van der Waals surface area contributed by atoms with E-state index in [1.165, 1.54) is 12.3 Å². The summed E-state index contributed by atoms with van der Waals surface area (Å²) in [5.41, 5.74) is 0.0771. The number of carbonyl (C=O) groups excluding carboxylic acids is 3. The van der Waals surface area contributed by atoms with E-state index in [4.69, 9.17) is 0 Å². The number of hydrogen-bond acceptors (Lipinski definition) is 5. The van der Waals surface area contributed by atoms with Crippen molar-refractivity contribution >= 4 is 34.9 Å². The second-order valence-corrected chi connectivity index (χ2v) is 7.61. The number of aromatic nitrogens is 1. The lowest BCUT2D eigenvalue weighted by Crippen LogP contribution is -2.40. The number of amides is 4. The highest BCUT2D eigenvalue weighted by molar-refractivity contribution is 7.17. The van der Waals surface area contributed by atoms with Crippen molar-refractivity contribution in [1.29, 1.82) is 0 Å². The summed E-state index contributed by atoms with van der Waals surface area (Å²) in [6, 6.07) is 12.3. The summed E-state index contributed by atoms with van der Waals surface area (Å²) in [4.78, 5) is 40.6. The van der Waals surface area contributed by atoms with Crippen molar-refractivity contribution in [3.63, 3.8) is 0 Å². The topological polar surface area (TPSA) is 100 Å². The standard InChI is InChI=1S/C20H15FN4O3S/c1-20(18(27)24-19(28)25-20)11-5-4-6-12(9-11)23-16(26)15-10-22-17(29-15)13-7-2-3-8-14(13)21/h2-10H,1H3,(H,23,26)(H2,24,25,27,28). The van der Waals surface area contributed by atoms with Gasteiger partial charge in [0.25, 0.3) is 11.8 Å². The second-order valence-electron chi connectivity index (χ2n) is 6.58. The van der Waals surface area contributed by atoms with Gasteiger partial charge in [-0.1, -0.05) is 24.3 Å². The van der Waals surface area contributed by atoms with Gasteiger partial charge in [-0.25, -0.2) is 14.2 Å². The van der Waals surface area contributed by atoms with Gasteiger partial charge in [-0.15, -0.1) is 11.3 Å². The molecule has 1 aromatic heterocycles. The predicted molar refractivity (Wildman–Crippen MR) is 106 cm³/mol. The van der Waals surface area contributed by atoms with Crippen LogP contribution in [0.2, 0.25) is 0 Å². The molecule has 4 rings (SSSR count). The number of thiazole rings is 1. The molecule has 1 aliphatic heterocycles. The molecule has 1 aliphatic rings. The summed E-state index contributed by atoms with van der Waals surface area (Å²) in [5.74, 6) is -1.29. The first-order chi connectivity index (χ1) is 13.9. The summed E-state index contributed by atoms with van der Waals surface area (Å²) in [6.07, 6.45) is 1.39. The second kappa shape index (κ2) is 7.10. The summed E-state index contributed by atoms with van der Waals surface area (Å²) < 4.78 is 13.9. The zero-order chi connectivity index (χ0) is 20.6. The molecule has 1 saturated heterocycles. The average Bonchev–Trinajstić information content (AvgIpc) is 3.28. The molecule has 29 heavy (non-hydrogen) atoms. The number of hydrogen-bond donors (Lipinski definition) is 3. The number of benzene rings is 2. The van der Waals surface area contributed by atoms with Crippen LogP contribution in [0.5, 0.6) is 0 Å². The lowest BCUT2D eigenvalue weighted by molar-refractivity contribution is -0.123. The molecule has 1 atom stereocenters. The summed E-state index contributed by atoms with van der Waals surface area (Å²) in [5, 5.41) is 7.92. The fourth-order valence-corrected chi connectivity index (χ4v) is 3.82. The third-order valence-electron chi connectivity index (χ3n) is 4.58. The largest absolute Gasteiger partial charge is 0.322 e. The Morgan fingerprint density at radius 3 is 2.69 bits per heavy atom. The van der Waals surface area contributed by atoms with Gasteiger partial charge < -0.3 is 10.6 Å².